The number of nitrogens with zero attached hydrogens (tertiary/aromatic N) is 4. The van der Waals surface area contributed by atoms with Gasteiger partial charge in [-0.15, -0.1) is 16.4 Å². The first-order valence-electron chi connectivity index (χ1n) is 4.23. The molecular formula is C8H11N5S. The number of hydrogen-bond donors (Lipinski definition) is 1. The SMILES string of the molecule is Cc1nc(C)c(Cn2cc(N)nn2)s1. The van der Waals surface area contributed by atoms with Crippen molar-refractivity contribution in [2.24, 2.45) is 0 Å². The summed E-state index contributed by atoms with van der Waals surface area (Å²) in [5.41, 5.74) is 6.53. The highest BCUT2D eigenvalue weighted by atomic mass is 32.1. The van der Waals surface area contributed by atoms with Crippen LogP contribution in [-0.4, -0.2) is 20.0 Å². The molecule has 5 nitrogen and oxygen atoms in total. The predicted octanol–water partition coefficient (Wildman–Crippen LogP) is 0.982. The largest absolute Gasteiger partial charge is 0.381 e. The predicted molar refractivity (Wildman–Crippen MR) is 55.1 cm³/mol. The van der Waals surface area contributed by atoms with Gasteiger partial charge in [0.05, 0.1) is 23.4 Å². The maximum absolute atomic E-state index is 5.47. The summed E-state index contributed by atoms with van der Waals surface area (Å²) in [7, 11) is 0. The Bertz CT molecular complexity index is 444. The average molecular weight is 209 g/mol. The molecule has 0 atom stereocenters. The van der Waals surface area contributed by atoms with Crippen molar-refractivity contribution in [3.05, 3.63) is 21.8 Å². The standard InChI is InChI=1S/C8H11N5S/c1-5-7(14-6(2)10-5)3-13-4-8(9)11-12-13/h4H,3,9H2,1-2H3. The van der Waals surface area contributed by atoms with E-state index in [4.69, 9.17) is 5.73 Å². The molecule has 2 rings (SSSR count). The summed E-state index contributed by atoms with van der Waals surface area (Å²) in [6.07, 6.45) is 1.72. The number of nitrogen functional groups attached to an aromatic ring is 1. The van der Waals surface area contributed by atoms with Gasteiger partial charge in [-0.25, -0.2) is 9.67 Å². The minimum atomic E-state index is 0.448. The number of aryl methyl sites for hydroxylation is 2. The number of aromatic nitrogens is 4. The van der Waals surface area contributed by atoms with Gasteiger partial charge in [-0.05, 0) is 13.8 Å². The van der Waals surface area contributed by atoms with Crippen molar-refractivity contribution in [2.75, 3.05) is 5.73 Å². The van der Waals surface area contributed by atoms with Gasteiger partial charge >= 0.3 is 0 Å². The summed E-state index contributed by atoms with van der Waals surface area (Å²) >= 11 is 1.68. The van der Waals surface area contributed by atoms with E-state index in [0.717, 1.165) is 10.7 Å². The van der Waals surface area contributed by atoms with Crippen LogP contribution in [0.15, 0.2) is 6.20 Å². The Hall–Kier alpha value is -1.43. The number of anilines is 1. The van der Waals surface area contributed by atoms with E-state index in [1.165, 1.54) is 4.88 Å². The molecule has 14 heavy (non-hydrogen) atoms. The molecule has 0 fully saturated rings. The maximum Gasteiger partial charge on any atom is 0.165 e. The van der Waals surface area contributed by atoms with Crippen LogP contribution in [0.3, 0.4) is 0 Å². The van der Waals surface area contributed by atoms with Crippen LogP contribution in [0, 0.1) is 13.8 Å². The van der Waals surface area contributed by atoms with Crippen LogP contribution in [-0.2, 0) is 6.54 Å². The van der Waals surface area contributed by atoms with Gasteiger partial charge < -0.3 is 5.73 Å². The maximum atomic E-state index is 5.47. The first kappa shape index (κ1) is 9.14. The molecule has 0 radical (unpaired) electrons. The Balaban J connectivity index is 2.22. The quantitative estimate of drug-likeness (QED) is 0.800. The number of rotatable bonds is 2. The molecule has 2 heterocycles. The van der Waals surface area contributed by atoms with Crippen LogP contribution < -0.4 is 5.73 Å². The average Bonchev–Trinajstić information content (AvgIpc) is 2.61. The lowest BCUT2D eigenvalue weighted by Crippen LogP contribution is -1.99. The zero-order valence-corrected chi connectivity index (χ0v) is 8.88. The van der Waals surface area contributed by atoms with Gasteiger partial charge in [0.2, 0.25) is 0 Å². The van der Waals surface area contributed by atoms with E-state index in [-0.39, 0.29) is 0 Å². The molecule has 74 valence electrons. The fraction of sp³-hybridized carbons (Fsp3) is 0.375. The molecule has 0 spiro atoms. The molecule has 0 aliphatic carbocycles. The second kappa shape index (κ2) is 3.38. The monoisotopic (exact) mass is 209 g/mol. The van der Waals surface area contributed by atoms with Crippen LogP contribution in [0.25, 0.3) is 0 Å². The first-order chi connectivity index (χ1) is 6.65. The van der Waals surface area contributed by atoms with E-state index in [2.05, 4.69) is 15.3 Å². The molecule has 0 aromatic carbocycles. The summed E-state index contributed by atoms with van der Waals surface area (Å²) in [5, 5.41) is 8.68. The molecule has 0 bridgehead atoms. The normalized spacial score (nSPS) is 10.7. The molecular weight excluding hydrogens is 198 g/mol. The summed E-state index contributed by atoms with van der Waals surface area (Å²) in [6.45, 7) is 4.69. The van der Waals surface area contributed by atoms with Gasteiger partial charge in [0.25, 0.3) is 0 Å². The highest BCUT2D eigenvalue weighted by Crippen LogP contribution is 2.17. The van der Waals surface area contributed by atoms with Gasteiger partial charge in [-0.1, -0.05) is 5.21 Å². The van der Waals surface area contributed by atoms with E-state index in [0.29, 0.717) is 12.4 Å². The van der Waals surface area contributed by atoms with Crippen molar-refractivity contribution >= 4 is 17.2 Å². The Morgan fingerprint density at radius 3 is 2.79 bits per heavy atom. The fourth-order valence-electron chi connectivity index (χ4n) is 1.26. The van der Waals surface area contributed by atoms with Crippen LogP contribution in [0.4, 0.5) is 5.82 Å². The van der Waals surface area contributed by atoms with Crippen molar-refractivity contribution in [3.63, 3.8) is 0 Å². The molecule has 0 saturated carbocycles. The van der Waals surface area contributed by atoms with Gasteiger partial charge in [0.15, 0.2) is 5.82 Å². The smallest absolute Gasteiger partial charge is 0.165 e. The molecule has 0 amide bonds. The topological polar surface area (TPSA) is 69.6 Å². The molecule has 0 aliphatic rings. The zero-order chi connectivity index (χ0) is 10.1. The summed E-state index contributed by atoms with van der Waals surface area (Å²) in [5.74, 6) is 0.448. The third-order valence-corrected chi connectivity index (χ3v) is 2.92. The minimum Gasteiger partial charge on any atom is -0.381 e. The second-order valence-electron chi connectivity index (χ2n) is 3.08. The Morgan fingerprint density at radius 2 is 2.29 bits per heavy atom. The molecule has 2 N–H and O–H groups in total. The number of thiazole rings is 1. The molecule has 2 aromatic heterocycles. The van der Waals surface area contributed by atoms with E-state index < -0.39 is 0 Å². The van der Waals surface area contributed by atoms with Crippen molar-refractivity contribution in [2.45, 2.75) is 20.4 Å². The van der Waals surface area contributed by atoms with Crippen molar-refractivity contribution < 1.29 is 0 Å². The second-order valence-corrected chi connectivity index (χ2v) is 4.37. The molecule has 2 aromatic rings. The highest BCUT2D eigenvalue weighted by molar-refractivity contribution is 7.11. The molecule has 0 unspecified atom stereocenters. The Kier molecular flexibility index (Phi) is 2.20. The fourth-order valence-corrected chi connectivity index (χ4v) is 2.19. The van der Waals surface area contributed by atoms with Crippen molar-refractivity contribution in [3.8, 4) is 0 Å². The molecule has 6 heteroatoms. The van der Waals surface area contributed by atoms with Gasteiger partial charge in [0, 0.05) is 4.88 Å². The highest BCUT2D eigenvalue weighted by Gasteiger charge is 2.06. The van der Waals surface area contributed by atoms with E-state index in [1.807, 2.05) is 13.8 Å². The Labute approximate surface area is 85.6 Å². The van der Waals surface area contributed by atoms with Crippen LogP contribution in [0.5, 0.6) is 0 Å². The van der Waals surface area contributed by atoms with Crippen LogP contribution >= 0.6 is 11.3 Å². The lowest BCUT2D eigenvalue weighted by molar-refractivity contribution is 0.653. The van der Waals surface area contributed by atoms with Crippen molar-refractivity contribution in [1.82, 2.24) is 20.0 Å². The number of nitrogens with two attached hydrogens (primary N) is 1. The first-order valence-corrected chi connectivity index (χ1v) is 5.05. The van der Waals surface area contributed by atoms with E-state index >= 15 is 0 Å². The van der Waals surface area contributed by atoms with Gasteiger partial charge in [-0.3, -0.25) is 0 Å². The van der Waals surface area contributed by atoms with Crippen LogP contribution in [0.1, 0.15) is 15.6 Å². The molecule has 0 saturated heterocycles. The summed E-state index contributed by atoms with van der Waals surface area (Å²) in [6, 6.07) is 0. The Morgan fingerprint density at radius 1 is 1.50 bits per heavy atom. The van der Waals surface area contributed by atoms with Gasteiger partial charge in [0.1, 0.15) is 0 Å². The number of hydrogen-bond acceptors (Lipinski definition) is 5. The lowest BCUT2D eigenvalue weighted by Gasteiger charge is -1.96. The van der Waals surface area contributed by atoms with Crippen molar-refractivity contribution in [1.29, 1.82) is 0 Å². The zero-order valence-electron chi connectivity index (χ0n) is 8.06. The lowest BCUT2D eigenvalue weighted by atomic mass is 10.4. The third kappa shape index (κ3) is 1.74. The summed E-state index contributed by atoms with van der Waals surface area (Å²) < 4.78 is 1.72. The molecule has 0 aliphatic heterocycles. The van der Waals surface area contributed by atoms with Crippen LogP contribution in [0.2, 0.25) is 0 Å². The van der Waals surface area contributed by atoms with Gasteiger partial charge in [-0.2, -0.15) is 0 Å². The third-order valence-electron chi connectivity index (χ3n) is 1.86. The minimum absolute atomic E-state index is 0.448. The van der Waals surface area contributed by atoms with E-state index in [1.54, 1.807) is 22.2 Å². The van der Waals surface area contributed by atoms with E-state index in [9.17, 15) is 0 Å². The summed E-state index contributed by atoms with van der Waals surface area (Å²) in [4.78, 5) is 5.54.